The van der Waals surface area contributed by atoms with Crippen molar-refractivity contribution < 1.29 is 13.5 Å². The van der Waals surface area contributed by atoms with E-state index in [1.165, 1.54) is 30.2 Å². The van der Waals surface area contributed by atoms with E-state index < -0.39 is 17.7 Å². The van der Waals surface area contributed by atoms with Crippen LogP contribution in [0.15, 0.2) is 24.4 Å². The van der Waals surface area contributed by atoms with Gasteiger partial charge in [0.2, 0.25) is 0 Å². The summed E-state index contributed by atoms with van der Waals surface area (Å²) in [5, 5.41) is 5.21. The van der Waals surface area contributed by atoms with Gasteiger partial charge in [0.05, 0.1) is 18.5 Å². The summed E-state index contributed by atoms with van der Waals surface area (Å²) >= 11 is 1.82. The molecular weight excluding hydrogens is 370 g/mol. The van der Waals surface area contributed by atoms with E-state index in [0.29, 0.717) is 18.3 Å². The summed E-state index contributed by atoms with van der Waals surface area (Å²) < 4.78 is 35.6. The SMILES string of the molecule is N[C@H]1C[C@@H](N2Cc3cnn(SC4CC4)c3C2)CO[C@@H]1c1cc(F)ccc1F. The second-order valence-electron chi connectivity index (χ2n) is 7.67. The summed E-state index contributed by atoms with van der Waals surface area (Å²) in [6.45, 7) is 2.12. The number of nitrogens with zero attached hydrogens (tertiary/aromatic N) is 3. The molecule has 0 spiro atoms. The molecular formula is C19H22F2N4OS. The van der Waals surface area contributed by atoms with E-state index in [9.17, 15) is 8.78 Å². The van der Waals surface area contributed by atoms with E-state index in [0.717, 1.165) is 25.2 Å². The second kappa shape index (κ2) is 6.84. The lowest BCUT2D eigenvalue weighted by Gasteiger charge is -2.38. The van der Waals surface area contributed by atoms with Gasteiger partial charge in [0.1, 0.15) is 17.7 Å². The Balaban J connectivity index is 1.26. The molecule has 8 heteroatoms. The van der Waals surface area contributed by atoms with Crippen molar-refractivity contribution in [1.82, 2.24) is 14.1 Å². The molecule has 1 aromatic carbocycles. The molecule has 0 unspecified atom stereocenters. The molecule has 0 bridgehead atoms. The highest BCUT2D eigenvalue weighted by molar-refractivity contribution is 7.98. The predicted molar refractivity (Wildman–Crippen MR) is 98.9 cm³/mol. The zero-order chi connectivity index (χ0) is 18.5. The zero-order valence-corrected chi connectivity index (χ0v) is 15.7. The largest absolute Gasteiger partial charge is 0.370 e. The predicted octanol–water partition coefficient (Wildman–Crippen LogP) is 2.99. The lowest BCUT2D eigenvalue weighted by atomic mass is 9.93. The molecule has 5 nitrogen and oxygen atoms in total. The third kappa shape index (κ3) is 3.40. The Hall–Kier alpha value is -1.48. The minimum Gasteiger partial charge on any atom is -0.370 e. The Labute approximate surface area is 161 Å². The van der Waals surface area contributed by atoms with Gasteiger partial charge >= 0.3 is 0 Å². The van der Waals surface area contributed by atoms with Crippen molar-refractivity contribution in [3.05, 3.63) is 52.9 Å². The van der Waals surface area contributed by atoms with Gasteiger partial charge in [-0.15, -0.1) is 0 Å². The average molecular weight is 392 g/mol. The maximum atomic E-state index is 14.1. The van der Waals surface area contributed by atoms with Crippen LogP contribution in [0.3, 0.4) is 0 Å². The lowest BCUT2D eigenvalue weighted by Crippen LogP contribution is -2.47. The average Bonchev–Trinajstić information content (AvgIpc) is 3.24. The lowest BCUT2D eigenvalue weighted by molar-refractivity contribution is -0.0533. The molecule has 1 saturated carbocycles. The molecule has 1 aromatic heterocycles. The van der Waals surface area contributed by atoms with Crippen LogP contribution in [0.25, 0.3) is 0 Å². The molecule has 0 radical (unpaired) electrons. The Kier molecular flexibility index (Phi) is 4.46. The molecule has 2 fully saturated rings. The van der Waals surface area contributed by atoms with Crippen molar-refractivity contribution in [2.24, 2.45) is 5.73 Å². The number of aromatic nitrogens is 2. The molecule has 2 N–H and O–H groups in total. The summed E-state index contributed by atoms with van der Waals surface area (Å²) in [5.74, 6) is -0.946. The number of ether oxygens (including phenoxy) is 1. The van der Waals surface area contributed by atoms with Crippen LogP contribution >= 0.6 is 11.9 Å². The van der Waals surface area contributed by atoms with Crippen LogP contribution in [0.5, 0.6) is 0 Å². The Morgan fingerprint density at radius 3 is 2.85 bits per heavy atom. The summed E-state index contributed by atoms with van der Waals surface area (Å²) in [5.41, 5.74) is 9.04. The maximum absolute atomic E-state index is 14.1. The number of nitrogens with two attached hydrogens (primary N) is 1. The first-order valence-corrected chi connectivity index (χ1v) is 10.2. The van der Waals surface area contributed by atoms with Crippen LogP contribution < -0.4 is 5.73 Å². The van der Waals surface area contributed by atoms with E-state index in [1.807, 2.05) is 18.1 Å². The molecule has 27 heavy (non-hydrogen) atoms. The fourth-order valence-electron chi connectivity index (χ4n) is 3.97. The Bertz CT molecular complexity index is 856. The van der Waals surface area contributed by atoms with Gasteiger partial charge in [-0.25, -0.2) is 12.9 Å². The van der Waals surface area contributed by atoms with Crippen molar-refractivity contribution in [2.45, 2.75) is 55.8 Å². The first kappa shape index (κ1) is 17.6. The van der Waals surface area contributed by atoms with Crippen molar-refractivity contribution >= 4 is 11.9 Å². The fraction of sp³-hybridized carbons (Fsp3) is 0.526. The van der Waals surface area contributed by atoms with E-state index in [4.69, 9.17) is 10.5 Å². The molecule has 144 valence electrons. The molecule has 1 aliphatic carbocycles. The molecule has 1 saturated heterocycles. The number of benzene rings is 1. The number of rotatable bonds is 4. The van der Waals surface area contributed by atoms with Gasteiger partial charge in [0, 0.05) is 41.6 Å². The molecule has 2 aliphatic heterocycles. The monoisotopic (exact) mass is 392 g/mol. The quantitative estimate of drug-likeness (QED) is 0.867. The highest BCUT2D eigenvalue weighted by atomic mass is 32.2. The van der Waals surface area contributed by atoms with Crippen LogP contribution in [-0.2, 0) is 17.8 Å². The first-order chi connectivity index (χ1) is 13.1. The highest BCUT2D eigenvalue weighted by Gasteiger charge is 2.38. The van der Waals surface area contributed by atoms with Gasteiger partial charge in [-0.2, -0.15) is 5.10 Å². The first-order valence-electron chi connectivity index (χ1n) is 9.37. The Morgan fingerprint density at radius 1 is 1.22 bits per heavy atom. The van der Waals surface area contributed by atoms with E-state index in [1.54, 1.807) is 0 Å². The summed E-state index contributed by atoms with van der Waals surface area (Å²) in [4.78, 5) is 2.36. The van der Waals surface area contributed by atoms with Crippen LogP contribution in [0.1, 0.15) is 42.2 Å². The van der Waals surface area contributed by atoms with Gasteiger partial charge in [0.15, 0.2) is 0 Å². The van der Waals surface area contributed by atoms with Crippen molar-refractivity contribution in [3.8, 4) is 0 Å². The van der Waals surface area contributed by atoms with Crippen molar-refractivity contribution in [3.63, 3.8) is 0 Å². The normalized spacial score (nSPS) is 28.5. The van der Waals surface area contributed by atoms with Crippen LogP contribution in [0.4, 0.5) is 8.78 Å². The minimum atomic E-state index is -0.608. The second-order valence-corrected chi connectivity index (χ2v) is 8.90. The third-order valence-corrected chi connectivity index (χ3v) is 6.89. The van der Waals surface area contributed by atoms with Gasteiger partial charge in [-0.05, 0) is 49.4 Å². The topological polar surface area (TPSA) is 56.3 Å². The number of halogens is 2. The highest BCUT2D eigenvalue weighted by Crippen LogP contribution is 2.38. The smallest absolute Gasteiger partial charge is 0.129 e. The van der Waals surface area contributed by atoms with E-state index >= 15 is 0 Å². The molecule has 3 atom stereocenters. The zero-order valence-electron chi connectivity index (χ0n) is 14.9. The van der Waals surface area contributed by atoms with E-state index in [-0.39, 0.29) is 17.6 Å². The molecule has 2 aromatic rings. The summed E-state index contributed by atoms with van der Waals surface area (Å²) in [6, 6.07) is 3.23. The molecule has 3 heterocycles. The fourth-order valence-corrected chi connectivity index (χ4v) is 5.00. The standard InChI is InChI=1S/C19H22F2N4OS/c20-12-1-4-16(21)15(5-12)19-17(22)6-13(10-26-19)24-8-11-7-23-25(18(11)9-24)27-14-2-3-14/h1,4-5,7,13-14,17,19H,2-3,6,8-10,22H2/t13-,17+,19-/m1/s1. The van der Waals surface area contributed by atoms with E-state index in [2.05, 4.69) is 14.1 Å². The summed E-state index contributed by atoms with van der Waals surface area (Å²) in [7, 11) is 0. The molecule has 3 aliphatic rings. The van der Waals surface area contributed by atoms with Crippen molar-refractivity contribution in [2.75, 3.05) is 6.61 Å². The molecule has 0 amide bonds. The van der Waals surface area contributed by atoms with Gasteiger partial charge in [-0.3, -0.25) is 4.90 Å². The number of hydrogen-bond donors (Lipinski definition) is 1. The third-order valence-electron chi connectivity index (χ3n) is 5.60. The van der Waals surface area contributed by atoms with Crippen LogP contribution in [0, 0.1) is 11.6 Å². The van der Waals surface area contributed by atoms with Crippen LogP contribution in [-0.4, -0.2) is 38.0 Å². The molecule has 5 rings (SSSR count). The van der Waals surface area contributed by atoms with Gasteiger partial charge in [0.25, 0.3) is 0 Å². The number of hydrogen-bond acceptors (Lipinski definition) is 5. The van der Waals surface area contributed by atoms with Gasteiger partial charge < -0.3 is 10.5 Å². The Morgan fingerprint density at radius 2 is 2.07 bits per heavy atom. The maximum Gasteiger partial charge on any atom is 0.129 e. The van der Waals surface area contributed by atoms with Crippen molar-refractivity contribution in [1.29, 1.82) is 0 Å². The van der Waals surface area contributed by atoms with Gasteiger partial charge in [-0.1, -0.05) is 0 Å². The minimum absolute atomic E-state index is 0.166. The van der Waals surface area contributed by atoms with Crippen LogP contribution in [0.2, 0.25) is 0 Å². The summed E-state index contributed by atoms with van der Waals surface area (Å²) in [6.07, 6.45) is 4.58. The number of fused-ring (bicyclic) bond motifs is 1.